The molecule has 0 unspecified atom stereocenters. The molecule has 0 bridgehead atoms. The smallest absolute Gasteiger partial charge is 0.265 e. The Morgan fingerprint density at radius 1 is 1.26 bits per heavy atom. The van der Waals surface area contributed by atoms with Gasteiger partial charge in [0, 0.05) is 29.2 Å². The number of nitrogens with one attached hydrogen (secondary N) is 1. The number of ether oxygens (including phenoxy) is 2. The highest BCUT2D eigenvalue weighted by molar-refractivity contribution is 8.13. The van der Waals surface area contributed by atoms with Crippen LogP contribution in [0.15, 0.2) is 17.0 Å². The van der Waals surface area contributed by atoms with Crippen molar-refractivity contribution < 1.29 is 22.7 Å². The Morgan fingerprint density at radius 3 is 2.26 bits per heavy atom. The molecule has 0 fully saturated rings. The molecule has 0 radical (unpaired) electrons. The zero-order valence-corrected chi connectivity index (χ0v) is 12.3. The van der Waals surface area contributed by atoms with Crippen molar-refractivity contribution in [3.63, 3.8) is 0 Å². The third-order valence-corrected chi connectivity index (χ3v) is 3.69. The van der Waals surface area contributed by atoms with Gasteiger partial charge in [-0.1, -0.05) is 6.92 Å². The summed E-state index contributed by atoms with van der Waals surface area (Å²) in [5.41, 5.74) is 0.315. The molecule has 0 aliphatic carbocycles. The van der Waals surface area contributed by atoms with Crippen LogP contribution >= 0.6 is 10.7 Å². The second-order valence-corrected chi connectivity index (χ2v) is 6.08. The number of anilines is 1. The average molecular weight is 308 g/mol. The van der Waals surface area contributed by atoms with Crippen LogP contribution in [0.5, 0.6) is 11.5 Å². The van der Waals surface area contributed by atoms with E-state index in [2.05, 4.69) is 5.32 Å². The summed E-state index contributed by atoms with van der Waals surface area (Å²) >= 11 is 0. The monoisotopic (exact) mass is 307 g/mol. The lowest BCUT2D eigenvalue weighted by atomic mass is 10.2. The second-order valence-electron chi connectivity index (χ2n) is 3.54. The molecule has 6 nitrogen and oxygen atoms in total. The first kappa shape index (κ1) is 15.6. The Morgan fingerprint density at radius 2 is 1.84 bits per heavy atom. The van der Waals surface area contributed by atoms with Gasteiger partial charge >= 0.3 is 0 Å². The lowest BCUT2D eigenvalue weighted by molar-refractivity contribution is -0.115. The molecule has 0 aromatic heterocycles. The van der Waals surface area contributed by atoms with Gasteiger partial charge in [-0.05, 0) is 0 Å². The molecular formula is C11H14ClNO5S. The number of amides is 1. The molecule has 8 heteroatoms. The van der Waals surface area contributed by atoms with E-state index in [1.54, 1.807) is 6.92 Å². The zero-order valence-electron chi connectivity index (χ0n) is 10.7. The quantitative estimate of drug-likeness (QED) is 0.841. The van der Waals surface area contributed by atoms with E-state index >= 15 is 0 Å². The van der Waals surface area contributed by atoms with Gasteiger partial charge in [-0.3, -0.25) is 4.79 Å². The lowest BCUT2D eigenvalue weighted by Crippen LogP contribution is -2.11. The zero-order chi connectivity index (χ0) is 14.6. The Bertz CT molecular complexity index is 585. The Balaban J connectivity index is 3.39. The molecule has 106 valence electrons. The Kier molecular flexibility index (Phi) is 5.02. The van der Waals surface area contributed by atoms with Crippen LogP contribution in [0.4, 0.5) is 5.69 Å². The van der Waals surface area contributed by atoms with E-state index in [4.69, 9.17) is 20.2 Å². The average Bonchev–Trinajstić information content (AvgIpc) is 2.36. The summed E-state index contributed by atoms with van der Waals surface area (Å²) in [6.07, 6.45) is 0.279. The summed E-state index contributed by atoms with van der Waals surface area (Å²) in [5.74, 6) is -0.0224. The van der Waals surface area contributed by atoms with Gasteiger partial charge in [0.15, 0.2) is 0 Å². The van der Waals surface area contributed by atoms with Gasteiger partial charge < -0.3 is 14.8 Å². The minimum absolute atomic E-state index is 0.0298. The van der Waals surface area contributed by atoms with E-state index in [9.17, 15) is 13.2 Å². The van der Waals surface area contributed by atoms with Crippen LogP contribution in [0.3, 0.4) is 0 Å². The lowest BCUT2D eigenvalue weighted by Gasteiger charge is -2.13. The van der Waals surface area contributed by atoms with Crippen LogP contribution in [0, 0.1) is 0 Å². The molecule has 0 saturated carbocycles. The molecule has 1 amide bonds. The van der Waals surface area contributed by atoms with E-state index in [1.807, 2.05) is 0 Å². The maximum absolute atomic E-state index is 11.4. The van der Waals surface area contributed by atoms with E-state index in [0.29, 0.717) is 5.69 Å². The minimum Gasteiger partial charge on any atom is -0.495 e. The highest BCUT2D eigenvalue weighted by Gasteiger charge is 2.21. The van der Waals surface area contributed by atoms with Gasteiger partial charge in [-0.2, -0.15) is 0 Å². The molecule has 0 spiro atoms. The number of carbonyl (C=O) groups is 1. The van der Waals surface area contributed by atoms with Crippen LogP contribution in [-0.4, -0.2) is 28.5 Å². The summed E-state index contributed by atoms with van der Waals surface area (Å²) in [4.78, 5) is 11.2. The maximum Gasteiger partial charge on any atom is 0.265 e. The predicted octanol–water partition coefficient (Wildman–Crippen LogP) is 1.98. The first-order valence-electron chi connectivity index (χ1n) is 5.34. The summed E-state index contributed by atoms with van der Waals surface area (Å²) in [5, 5.41) is 2.58. The molecule has 1 rings (SSSR count). The van der Waals surface area contributed by atoms with Crippen molar-refractivity contribution in [1.29, 1.82) is 0 Å². The van der Waals surface area contributed by atoms with Gasteiger partial charge in [0.1, 0.15) is 16.4 Å². The number of hydrogen-bond acceptors (Lipinski definition) is 5. The predicted molar refractivity (Wildman–Crippen MR) is 71.5 cm³/mol. The molecule has 0 atom stereocenters. The minimum atomic E-state index is -3.97. The number of rotatable bonds is 5. The molecule has 19 heavy (non-hydrogen) atoms. The Labute approximate surface area is 116 Å². The van der Waals surface area contributed by atoms with Crippen LogP contribution < -0.4 is 14.8 Å². The molecule has 0 saturated heterocycles. The third kappa shape index (κ3) is 3.74. The van der Waals surface area contributed by atoms with Crippen LogP contribution in [0.25, 0.3) is 0 Å². The van der Waals surface area contributed by atoms with E-state index in [0.717, 1.165) is 0 Å². The van der Waals surface area contributed by atoms with Crippen molar-refractivity contribution in [2.75, 3.05) is 19.5 Å². The van der Waals surface area contributed by atoms with Crippen molar-refractivity contribution in [3.8, 4) is 11.5 Å². The van der Waals surface area contributed by atoms with Crippen molar-refractivity contribution in [2.24, 2.45) is 0 Å². The van der Waals surface area contributed by atoms with Crippen molar-refractivity contribution >= 4 is 31.3 Å². The fraction of sp³-hybridized carbons (Fsp3) is 0.364. The van der Waals surface area contributed by atoms with Crippen molar-refractivity contribution in [1.82, 2.24) is 0 Å². The van der Waals surface area contributed by atoms with E-state index < -0.39 is 9.05 Å². The molecule has 1 N–H and O–H groups in total. The standard InChI is InChI=1S/C11H14ClNO5S/c1-4-11(14)13-7-5-9(18-3)10(19(12,15)16)6-8(7)17-2/h5-6H,4H2,1-3H3,(H,13,14). The first-order chi connectivity index (χ1) is 8.83. The maximum atomic E-state index is 11.4. The molecule has 1 aromatic rings. The van der Waals surface area contributed by atoms with Crippen LogP contribution in [0.1, 0.15) is 13.3 Å². The first-order valence-corrected chi connectivity index (χ1v) is 7.65. The van der Waals surface area contributed by atoms with Crippen LogP contribution in [-0.2, 0) is 13.8 Å². The normalized spacial score (nSPS) is 10.9. The number of methoxy groups -OCH3 is 2. The topological polar surface area (TPSA) is 81.7 Å². The summed E-state index contributed by atoms with van der Waals surface area (Å²) in [6, 6.07) is 2.55. The van der Waals surface area contributed by atoms with Gasteiger partial charge in [-0.25, -0.2) is 8.42 Å². The van der Waals surface area contributed by atoms with Gasteiger partial charge in [0.05, 0.1) is 19.9 Å². The number of carbonyl (C=O) groups excluding carboxylic acids is 1. The van der Waals surface area contributed by atoms with Crippen molar-refractivity contribution in [3.05, 3.63) is 12.1 Å². The molecule has 1 aromatic carbocycles. The number of benzene rings is 1. The molecule has 0 aliphatic heterocycles. The SMILES string of the molecule is CCC(=O)Nc1cc(OC)c(S(=O)(=O)Cl)cc1OC. The van der Waals surface area contributed by atoms with Gasteiger partial charge in [0.2, 0.25) is 5.91 Å². The summed E-state index contributed by atoms with van der Waals surface area (Å²) < 4.78 is 32.8. The highest BCUT2D eigenvalue weighted by atomic mass is 35.7. The highest BCUT2D eigenvalue weighted by Crippen LogP contribution is 2.36. The van der Waals surface area contributed by atoms with E-state index in [1.165, 1.54) is 26.4 Å². The van der Waals surface area contributed by atoms with E-state index in [-0.39, 0.29) is 28.7 Å². The van der Waals surface area contributed by atoms with Gasteiger partial charge in [0.25, 0.3) is 9.05 Å². The number of halogens is 1. The van der Waals surface area contributed by atoms with Crippen LogP contribution in [0.2, 0.25) is 0 Å². The second kappa shape index (κ2) is 6.12. The summed E-state index contributed by atoms with van der Waals surface area (Å²) in [7, 11) is 3.99. The van der Waals surface area contributed by atoms with Crippen molar-refractivity contribution in [2.45, 2.75) is 18.2 Å². The molecular weight excluding hydrogens is 294 g/mol. The number of hydrogen-bond donors (Lipinski definition) is 1. The Hall–Kier alpha value is -1.47. The van der Waals surface area contributed by atoms with Gasteiger partial charge in [-0.15, -0.1) is 0 Å². The molecule has 0 heterocycles. The largest absolute Gasteiger partial charge is 0.495 e. The fourth-order valence-corrected chi connectivity index (χ4v) is 2.39. The fourth-order valence-electron chi connectivity index (χ4n) is 1.40. The third-order valence-electron chi connectivity index (χ3n) is 2.34. The summed E-state index contributed by atoms with van der Waals surface area (Å²) in [6.45, 7) is 1.69. The molecule has 0 aliphatic rings.